The molecular weight excluding hydrogens is 218 g/mol. The SMILES string of the molecule is O=C(NCc1ccc(O)cc1)C1CCCOC1. The number of ether oxygens (including phenoxy) is 1. The molecule has 2 rings (SSSR count). The van der Waals surface area contributed by atoms with Crippen molar-refractivity contribution >= 4 is 5.91 Å². The Bertz CT molecular complexity index is 369. The summed E-state index contributed by atoms with van der Waals surface area (Å²) in [6, 6.07) is 6.83. The molecule has 0 bridgehead atoms. The second kappa shape index (κ2) is 5.68. The fourth-order valence-corrected chi connectivity index (χ4v) is 1.89. The summed E-state index contributed by atoms with van der Waals surface area (Å²) in [6.07, 6.45) is 1.86. The van der Waals surface area contributed by atoms with E-state index >= 15 is 0 Å². The molecule has 0 aliphatic carbocycles. The third-order valence-corrected chi connectivity index (χ3v) is 2.93. The van der Waals surface area contributed by atoms with E-state index in [9.17, 15) is 4.79 Å². The maximum absolute atomic E-state index is 11.8. The molecule has 1 amide bonds. The van der Waals surface area contributed by atoms with Gasteiger partial charge in [-0.15, -0.1) is 0 Å². The van der Waals surface area contributed by atoms with Crippen LogP contribution in [-0.2, 0) is 16.1 Å². The molecule has 1 aromatic rings. The molecule has 17 heavy (non-hydrogen) atoms. The first-order valence-electron chi connectivity index (χ1n) is 5.89. The Morgan fingerprint density at radius 3 is 2.82 bits per heavy atom. The maximum Gasteiger partial charge on any atom is 0.225 e. The third-order valence-electron chi connectivity index (χ3n) is 2.93. The number of amides is 1. The van der Waals surface area contributed by atoms with Crippen molar-refractivity contribution in [2.24, 2.45) is 5.92 Å². The first-order valence-corrected chi connectivity index (χ1v) is 5.89. The topological polar surface area (TPSA) is 58.6 Å². The molecule has 1 saturated heterocycles. The van der Waals surface area contributed by atoms with Gasteiger partial charge < -0.3 is 15.2 Å². The molecule has 4 nitrogen and oxygen atoms in total. The van der Waals surface area contributed by atoms with Crippen LogP contribution in [0.3, 0.4) is 0 Å². The molecule has 1 aliphatic rings. The van der Waals surface area contributed by atoms with Gasteiger partial charge >= 0.3 is 0 Å². The summed E-state index contributed by atoms with van der Waals surface area (Å²) in [4.78, 5) is 11.8. The number of phenolic OH excluding ortho intramolecular Hbond substituents is 1. The molecule has 1 atom stereocenters. The molecular formula is C13H17NO3. The number of carbonyl (C=O) groups is 1. The van der Waals surface area contributed by atoms with Gasteiger partial charge in [-0.25, -0.2) is 0 Å². The second-order valence-electron chi connectivity index (χ2n) is 4.30. The number of carbonyl (C=O) groups excluding carboxylic acids is 1. The smallest absolute Gasteiger partial charge is 0.225 e. The predicted octanol–water partition coefficient (Wildman–Crippen LogP) is 1.43. The quantitative estimate of drug-likeness (QED) is 0.833. The van der Waals surface area contributed by atoms with Crippen LogP contribution in [0.25, 0.3) is 0 Å². The Kier molecular flexibility index (Phi) is 3.98. The van der Waals surface area contributed by atoms with Gasteiger partial charge in [0.15, 0.2) is 0 Å². The minimum atomic E-state index is -0.0131. The number of aromatic hydroxyl groups is 1. The first-order chi connectivity index (χ1) is 8.25. The van der Waals surface area contributed by atoms with Crippen LogP contribution in [0.15, 0.2) is 24.3 Å². The van der Waals surface area contributed by atoms with Crippen molar-refractivity contribution in [3.63, 3.8) is 0 Å². The van der Waals surface area contributed by atoms with Gasteiger partial charge in [0.05, 0.1) is 12.5 Å². The van der Waals surface area contributed by atoms with E-state index in [1.54, 1.807) is 24.3 Å². The number of benzene rings is 1. The molecule has 1 aliphatic heterocycles. The minimum Gasteiger partial charge on any atom is -0.508 e. The Balaban J connectivity index is 1.81. The van der Waals surface area contributed by atoms with Crippen LogP contribution in [0.2, 0.25) is 0 Å². The zero-order valence-electron chi connectivity index (χ0n) is 9.69. The molecule has 0 spiro atoms. The Labute approximate surface area is 101 Å². The summed E-state index contributed by atoms with van der Waals surface area (Å²) in [5.74, 6) is 0.277. The van der Waals surface area contributed by atoms with Gasteiger partial charge in [-0.2, -0.15) is 0 Å². The Morgan fingerprint density at radius 2 is 2.18 bits per heavy atom. The molecule has 0 aromatic heterocycles. The normalized spacial score (nSPS) is 19.9. The molecule has 0 saturated carbocycles. The number of phenols is 1. The molecule has 2 N–H and O–H groups in total. The summed E-state index contributed by atoms with van der Waals surface area (Å²) in [5.41, 5.74) is 0.980. The average molecular weight is 235 g/mol. The van der Waals surface area contributed by atoms with E-state index in [2.05, 4.69) is 5.32 Å². The fourth-order valence-electron chi connectivity index (χ4n) is 1.89. The predicted molar refractivity (Wildman–Crippen MR) is 63.5 cm³/mol. The summed E-state index contributed by atoms with van der Waals surface area (Å²) < 4.78 is 5.28. The summed E-state index contributed by atoms with van der Waals surface area (Å²) in [5, 5.41) is 12.0. The first kappa shape index (κ1) is 11.9. The van der Waals surface area contributed by atoms with Crippen LogP contribution in [0, 0.1) is 5.92 Å². The van der Waals surface area contributed by atoms with E-state index in [0.717, 1.165) is 25.0 Å². The van der Waals surface area contributed by atoms with E-state index in [1.165, 1.54) is 0 Å². The van der Waals surface area contributed by atoms with Crippen molar-refractivity contribution in [1.82, 2.24) is 5.32 Å². The molecule has 1 unspecified atom stereocenters. The lowest BCUT2D eigenvalue weighted by Gasteiger charge is -2.21. The van der Waals surface area contributed by atoms with Crippen molar-refractivity contribution in [2.45, 2.75) is 19.4 Å². The van der Waals surface area contributed by atoms with E-state index in [4.69, 9.17) is 9.84 Å². The van der Waals surface area contributed by atoms with Gasteiger partial charge in [0.25, 0.3) is 0 Å². The lowest BCUT2D eigenvalue weighted by atomic mass is 10.0. The number of hydrogen-bond acceptors (Lipinski definition) is 3. The van der Waals surface area contributed by atoms with Gasteiger partial charge in [-0.1, -0.05) is 12.1 Å². The van der Waals surface area contributed by atoms with Gasteiger partial charge in [0, 0.05) is 13.2 Å². The Morgan fingerprint density at radius 1 is 1.41 bits per heavy atom. The standard InChI is InChI=1S/C13H17NO3/c15-12-5-3-10(4-6-12)8-14-13(16)11-2-1-7-17-9-11/h3-6,11,15H,1-2,7-9H2,(H,14,16). The van der Waals surface area contributed by atoms with Crippen LogP contribution in [0.4, 0.5) is 0 Å². The number of nitrogens with one attached hydrogen (secondary N) is 1. The Hall–Kier alpha value is -1.55. The molecule has 1 aromatic carbocycles. The van der Waals surface area contributed by atoms with Crippen LogP contribution >= 0.6 is 0 Å². The van der Waals surface area contributed by atoms with E-state index < -0.39 is 0 Å². The van der Waals surface area contributed by atoms with Crippen LogP contribution in [0.5, 0.6) is 5.75 Å². The summed E-state index contributed by atoms with van der Waals surface area (Å²) >= 11 is 0. The molecule has 4 heteroatoms. The van der Waals surface area contributed by atoms with Crippen LogP contribution in [0.1, 0.15) is 18.4 Å². The second-order valence-corrected chi connectivity index (χ2v) is 4.30. The molecule has 92 valence electrons. The van der Waals surface area contributed by atoms with Crippen LogP contribution in [-0.4, -0.2) is 24.2 Å². The monoisotopic (exact) mass is 235 g/mol. The van der Waals surface area contributed by atoms with Crippen molar-refractivity contribution in [2.75, 3.05) is 13.2 Å². The van der Waals surface area contributed by atoms with Gasteiger partial charge in [0.2, 0.25) is 5.91 Å². The summed E-state index contributed by atoms with van der Waals surface area (Å²) in [6.45, 7) is 1.79. The van der Waals surface area contributed by atoms with Gasteiger partial charge in [-0.3, -0.25) is 4.79 Å². The van der Waals surface area contributed by atoms with E-state index in [0.29, 0.717) is 13.2 Å². The highest BCUT2D eigenvalue weighted by atomic mass is 16.5. The zero-order chi connectivity index (χ0) is 12.1. The van der Waals surface area contributed by atoms with Crippen molar-refractivity contribution in [3.05, 3.63) is 29.8 Å². The molecule has 1 fully saturated rings. The minimum absolute atomic E-state index is 0.0131. The van der Waals surface area contributed by atoms with Crippen molar-refractivity contribution in [1.29, 1.82) is 0 Å². The van der Waals surface area contributed by atoms with Crippen LogP contribution < -0.4 is 5.32 Å². The largest absolute Gasteiger partial charge is 0.508 e. The average Bonchev–Trinajstić information content (AvgIpc) is 2.39. The highest BCUT2D eigenvalue weighted by molar-refractivity contribution is 5.78. The van der Waals surface area contributed by atoms with Gasteiger partial charge in [-0.05, 0) is 30.5 Å². The molecule has 1 heterocycles. The van der Waals surface area contributed by atoms with Crippen molar-refractivity contribution < 1.29 is 14.6 Å². The van der Waals surface area contributed by atoms with E-state index in [1.807, 2.05) is 0 Å². The molecule has 0 radical (unpaired) electrons. The maximum atomic E-state index is 11.8. The van der Waals surface area contributed by atoms with Gasteiger partial charge in [0.1, 0.15) is 5.75 Å². The third kappa shape index (κ3) is 3.46. The summed E-state index contributed by atoms with van der Waals surface area (Å²) in [7, 11) is 0. The van der Waals surface area contributed by atoms with E-state index in [-0.39, 0.29) is 17.6 Å². The number of rotatable bonds is 3. The lowest BCUT2D eigenvalue weighted by Crippen LogP contribution is -2.35. The lowest BCUT2D eigenvalue weighted by molar-refractivity contribution is -0.129. The fraction of sp³-hybridized carbons (Fsp3) is 0.462. The number of hydrogen-bond donors (Lipinski definition) is 2. The van der Waals surface area contributed by atoms with Crippen molar-refractivity contribution in [3.8, 4) is 5.75 Å². The highest BCUT2D eigenvalue weighted by Crippen LogP contribution is 2.14. The highest BCUT2D eigenvalue weighted by Gasteiger charge is 2.21. The zero-order valence-corrected chi connectivity index (χ0v) is 9.69.